The molecule has 0 N–H and O–H groups in total. The molecule has 0 aliphatic carbocycles. The van der Waals surface area contributed by atoms with Gasteiger partial charge in [0.05, 0.1) is 0 Å². The average molecular weight is 144 g/mol. The van der Waals surface area contributed by atoms with Gasteiger partial charge < -0.3 is 4.79 Å². The Morgan fingerprint density at radius 1 is 1.40 bits per heavy atom. The van der Waals surface area contributed by atoms with E-state index in [1.165, 1.54) is 6.42 Å². The number of hydrogen-bond donors (Lipinski definition) is 0. The van der Waals surface area contributed by atoms with Crippen molar-refractivity contribution in [3.8, 4) is 0 Å². The van der Waals surface area contributed by atoms with Gasteiger partial charge in [0.2, 0.25) is 0 Å². The van der Waals surface area contributed by atoms with Crippen LogP contribution in [0.4, 0.5) is 0 Å². The molecule has 0 aromatic rings. The molecule has 1 nitrogen and oxygen atoms in total. The Bertz CT molecular complexity index is 59.7. The third kappa shape index (κ3) is 10.6. The normalized spacial score (nSPS) is 11.2. The number of rotatable bonds is 4. The largest absolute Gasteiger partial charge is 0.303 e. The second-order valence-corrected chi connectivity index (χ2v) is 2.26. The lowest BCUT2D eigenvalue weighted by Gasteiger charge is -2.02. The van der Waals surface area contributed by atoms with Crippen molar-refractivity contribution >= 4 is 6.29 Å². The van der Waals surface area contributed by atoms with Crippen molar-refractivity contribution in [3.05, 3.63) is 0 Å². The fourth-order valence-corrected chi connectivity index (χ4v) is 0.557. The van der Waals surface area contributed by atoms with E-state index in [1.807, 2.05) is 13.8 Å². The Morgan fingerprint density at radius 3 is 2.20 bits per heavy atom. The molecule has 0 spiro atoms. The summed E-state index contributed by atoms with van der Waals surface area (Å²) in [6.07, 6.45) is 3.97. The Labute approximate surface area is 64.8 Å². The Kier molecular flexibility index (Phi) is 14.2. The zero-order chi connectivity index (χ0) is 8.41. The van der Waals surface area contributed by atoms with Gasteiger partial charge in [-0.15, -0.1) is 0 Å². The highest BCUT2D eigenvalue weighted by molar-refractivity contribution is 5.49. The molecule has 62 valence electrons. The van der Waals surface area contributed by atoms with Crippen LogP contribution >= 0.6 is 0 Å². The number of hydrogen-bond acceptors (Lipinski definition) is 1. The molecular formula is C9H20O. The molecule has 0 aliphatic heterocycles. The van der Waals surface area contributed by atoms with Gasteiger partial charge in [-0.05, 0) is 12.3 Å². The first-order valence-electron chi connectivity index (χ1n) is 4.24. The van der Waals surface area contributed by atoms with Crippen LogP contribution in [0.1, 0.15) is 47.0 Å². The molecule has 0 saturated heterocycles. The molecule has 0 radical (unpaired) electrons. The topological polar surface area (TPSA) is 17.1 Å². The van der Waals surface area contributed by atoms with Crippen LogP contribution in [0.2, 0.25) is 0 Å². The van der Waals surface area contributed by atoms with Gasteiger partial charge in [-0.3, -0.25) is 0 Å². The number of aldehydes is 1. The van der Waals surface area contributed by atoms with Gasteiger partial charge in [-0.25, -0.2) is 0 Å². The smallest absolute Gasteiger partial charge is 0.120 e. The van der Waals surface area contributed by atoms with E-state index in [0.717, 1.165) is 25.0 Å². The predicted molar refractivity (Wildman–Crippen MR) is 46.1 cm³/mol. The van der Waals surface area contributed by atoms with Gasteiger partial charge in [0.1, 0.15) is 6.29 Å². The Morgan fingerprint density at radius 2 is 1.90 bits per heavy atom. The molecule has 0 heterocycles. The van der Waals surface area contributed by atoms with E-state index in [-0.39, 0.29) is 0 Å². The highest BCUT2D eigenvalue weighted by Crippen LogP contribution is 2.06. The van der Waals surface area contributed by atoms with E-state index in [0.29, 0.717) is 0 Å². The minimum absolute atomic E-state index is 0.722. The molecule has 0 bridgehead atoms. The van der Waals surface area contributed by atoms with Crippen LogP contribution in [-0.4, -0.2) is 6.29 Å². The van der Waals surface area contributed by atoms with Crippen molar-refractivity contribution in [1.29, 1.82) is 0 Å². The molecule has 0 aromatic carbocycles. The molecule has 1 unspecified atom stereocenters. The molecule has 0 fully saturated rings. The van der Waals surface area contributed by atoms with Crippen LogP contribution in [0.15, 0.2) is 0 Å². The van der Waals surface area contributed by atoms with E-state index in [4.69, 9.17) is 0 Å². The molecule has 0 aromatic heterocycles. The van der Waals surface area contributed by atoms with Crippen molar-refractivity contribution in [2.75, 3.05) is 0 Å². The minimum Gasteiger partial charge on any atom is -0.303 e. The maximum atomic E-state index is 9.83. The zero-order valence-electron chi connectivity index (χ0n) is 7.68. The second kappa shape index (κ2) is 11.5. The molecule has 0 rings (SSSR count). The van der Waals surface area contributed by atoms with Crippen LogP contribution in [-0.2, 0) is 4.79 Å². The molecule has 10 heavy (non-hydrogen) atoms. The molecule has 1 heteroatoms. The summed E-state index contributed by atoms with van der Waals surface area (Å²) < 4.78 is 0. The van der Waals surface area contributed by atoms with Gasteiger partial charge in [0.15, 0.2) is 0 Å². The van der Waals surface area contributed by atoms with Crippen LogP contribution < -0.4 is 0 Å². The summed E-state index contributed by atoms with van der Waals surface area (Å²) in [5.41, 5.74) is 0. The molecule has 0 saturated carbocycles. The van der Waals surface area contributed by atoms with Crippen LogP contribution in [0.25, 0.3) is 0 Å². The average Bonchev–Trinajstić information content (AvgIpc) is 2.04. The van der Waals surface area contributed by atoms with E-state index < -0.39 is 0 Å². The van der Waals surface area contributed by atoms with Crippen molar-refractivity contribution in [1.82, 2.24) is 0 Å². The van der Waals surface area contributed by atoms with E-state index in [9.17, 15) is 4.79 Å². The summed E-state index contributed by atoms with van der Waals surface area (Å²) in [4.78, 5) is 9.83. The van der Waals surface area contributed by atoms with Gasteiger partial charge >= 0.3 is 0 Å². The maximum absolute atomic E-state index is 9.83. The third-order valence-electron chi connectivity index (χ3n) is 1.47. The van der Waals surface area contributed by atoms with Crippen LogP contribution in [0.3, 0.4) is 0 Å². The summed E-state index contributed by atoms with van der Waals surface area (Å²) in [7, 11) is 0. The predicted octanol–water partition coefficient (Wildman–Crippen LogP) is 3.04. The van der Waals surface area contributed by atoms with Crippen molar-refractivity contribution in [2.24, 2.45) is 5.92 Å². The summed E-state index contributed by atoms with van der Waals surface area (Å²) in [5, 5.41) is 0. The Balaban J connectivity index is 0. The molecular weight excluding hydrogens is 124 g/mol. The first-order chi connectivity index (χ1) is 4.81. The lowest BCUT2D eigenvalue weighted by molar-refractivity contribution is -0.108. The van der Waals surface area contributed by atoms with Crippen molar-refractivity contribution < 1.29 is 4.79 Å². The maximum Gasteiger partial charge on any atom is 0.120 e. The monoisotopic (exact) mass is 144 g/mol. The minimum atomic E-state index is 0.722. The molecule has 1 atom stereocenters. The van der Waals surface area contributed by atoms with E-state index in [1.54, 1.807) is 0 Å². The van der Waals surface area contributed by atoms with Crippen LogP contribution in [0, 0.1) is 5.92 Å². The molecule has 0 aliphatic rings. The first-order valence-corrected chi connectivity index (χ1v) is 4.24. The van der Waals surface area contributed by atoms with E-state index in [2.05, 4.69) is 13.8 Å². The first kappa shape index (κ1) is 12.4. The summed E-state index contributed by atoms with van der Waals surface area (Å²) in [5.74, 6) is 0.722. The lowest BCUT2D eigenvalue weighted by Crippen LogP contribution is -1.91. The van der Waals surface area contributed by atoms with Gasteiger partial charge in [0.25, 0.3) is 0 Å². The fraction of sp³-hybridized carbons (Fsp3) is 0.889. The number of carbonyl (C=O) groups excluding carboxylic acids is 1. The Hall–Kier alpha value is -0.330. The van der Waals surface area contributed by atoms with Gasteiger partial charge in [-0.1, -0.05) is 34.1 Å². The zero-order valence-corrected chi connectivity index (χ0v) is 7.68. The summed E-state index contributed by atoms with van der Waals surface area (Å²) >= 11 is 0. The standard InChI is InChI=1S/C7H14O.C2H6/c1-3-7(2)5-4-6-8;1-2/h6-7H,3-5H2,1-2H3;1-2H3. The summed E-state index contributed by atoms with van der Waals surface area (Å²) in [6, 6.07) is 0. The molecule has 0 amide bonds. The van der Waals surface area contributed by atoms with Crippen molar-refractivity contribution in [3.63, 3.8) is 0 Å². The van der Waals surface area contributed by atoms with Gasteiger partial charge in [0, 0.05) is 6.42 Å². The number of carbonyl (C=O) groups is 1. The van der Waals surface area contributed by atoms with E-state index >= 15 is 0 Å². The van der Waals surface area contributed by atoms with Crippen LogP contribution in [0.5, 0.6) is 0 Å². The summed E-state index contributed by atoms with van der Waals surface area (Å²) in [6.45, 7) is 8.32. The highest BCUT2D eigenvalue weighted by Gasteiger charge is 1.94. The lowest BCUT2D eigenvalue weighted by atomic mass is 10.0. The van der Waals surface area contributed by atoms with Gasteiger partial charge in [-0.2, -0.15) is 0 Å². The quantitative estimate of drug-likeness (QED) is 0.554. The third-order valence-corrected chi connectivity index (χ3v) is 1.47. The second-order valence-electron chi connectivity index (χ2n) is 2.26. The fourth-order valence-electron chi connectivity index (χ4n) is 0.557. The highest BCUT2D eigenvalue weighted by atomic mass is 16.1. The van der Waals surface area contributed by atoms with Crippen molar-refractivity contribution in [2.45, 2.75) is 47.0 Å². The SMILES string of the molecule is CC.CCC(C)CCC=O.